The van der Waals surface area contributed by atoms with E-state index in [0.29, 0.717) is 12.0 Å². The summed E-state index contributed by atoms with van der Waals surface area (Å²) in [4.78, 5) is 27.4. The number of benzene rings is 2. The molecule has 0 radical (unpaired) electrons. The number of rotatable bonds is 5. The number of nitrogens with one attached hydrogen (secondary N) is 1. The Morgan fingerprint density at radius 2 is 1.76 bits per heavy atom. The second-order valence-electron chi connectivity index (χ2n) is 5.09. The predicted molar refractivity (Wildman–Crippen MR) is 94.2 cm³/mol. The molecular weight excluding hydrogens is 342 g/mol. The van der Waals surface area contributed by atoms with Crippen LogP contribution in [-0.4, -0.2) is 21.9 Å². The van der Waals surface area contributed by atoms with Crippen LogP contribution in [0.4, 0.5) is 10.7 Å². The molecule has 1 aromatic heterocycles. The molecule has 2 aromatic carbocycles. The highest BCUT2D eigenvalue weighted by molar-refractivity contribution is 6.31. The van der Waals surface area contributed by atoms with Gasteiger partial charge in [-0.3, -0.25) is 14.7 Å². The van der Waals surface area contributed by atoms with Gasteiger partial charge in [0, 0.05) is 5.69 Å². The fourth-order valence-corrected chi connectivity index (χ4v) is 2.49. The number of nitrogens with zero attached hydrogens (tertiary/aromatic N) is 2. The first-order valence-electron chi connectivity index (χ1n) is 7.45. The molecule has 0 unspecified atom stereocenters. The second-order valence-corrected chi connectivity index (χ2v) is 5.45. The van der Waals surface area contributed by atoms with Crippen molar-refractivity contribution < 1.29 is 14.3 Å². The Morgan fingerprint density at radius 3 is 2.40 bits per heavy atom. The number of hydrogen-bond acceptors (Lipinski definition) is 4. The van der Waals surface area contributed by atoms with Crippen molar-refractivity contribution in [3.63, 3.8) is 0 Å². The van der Waals surface area contributed by atoms with Crippen molar-refractivity contribution in [2.24, 2.45) is 0 Å². The summed E-state index contributed by atoms with van der Waals surface area (Å²) < 4.78 is 6.63. The van der Waals surface area contributed by atoms with E-state index in [1.165, 1.54) is 4.57 Å². The maximum Gasteiger partial charge on any atom is 0.414 e. The van der Waals surface area contributed by atoms with Gasteiger partial charge in [-0.05, 0) is 17.7 Å². The molecule has 3 rings (SSSR count). The quantitative estimate of drug-likeness (QED) is 0.700. The molecule has 1 heterocycles. The Kier molecular flexibility index (Phi) is 5.11. The van der Waals surface area contributed by atoms with Crippen LogP contribution in [0.25, 0.3) is 5.69 Å². The van der Waals surface area contributed by atoms with E-state index in [1.807, 2.05) is 36.4 Å². The SMILES string of the molecule is O=Cc1c(Cl)nc(NC(=O)OCc2ccccc2)n1-c1ccccc1. The molecular formula is C18H14ClN3O3. The van der Waals surface area contributed by atoms with E-state index in [1.54, 1.807) is 24.3 Å². The molecule has 0 saturated carbocycles. The summed E-state index contributed by atoms with van der Waals surface area (Å²) in [7, 11) is 0. The van der Waals surface area contributed by atoms with E-state index in [4.69, 9.17) is 16.3 Å². The van der Waals surface area contributed by atoms with Gasteiger partial charge in [-0.2, -0.15) is 4.98 Å². The predicted octanol–water partition coefficient (Wildman–Crippen LogP) is 4.09. The van der Waals surface area contributed by atoms with E-state index < -0.39 is 6.09 Å². The number of imidazole rings is 1. The van der Waals surface area contributed by atoms with E-state index in [2.05, 4.69) is 10.3 Å². The van der Waals surface area contributed by atoms with Crippen LogP contribution in [0.3, 0.4) is 0 Å². The third-order valence-corrected chi connectivity index (χ3v) is 3.70. The highest BCUT2D eigenvalue weighted by Crippen LogP contribution is 2.24. The molecule has 1 amide bonds. The Hall–Kier alpha value is -3.12. The number of carbonyl (C=O) groups is 2. The molecule has 0 bridgehead atoms. The van der Waals surface area contributed by atoms with Crippen molar-refractivity contribution in [1.82, 2.24) is 9.55 Å². The normalized spacial score (nSPS) is 10.3. The van der Waals surface area contributed by atoms with Crippen molar-refractivity contribution in [1.29, 1.82) is 0 Å². The van der Waals surface area contributed by atoms with Gasteiger partial charge >= 0.3 is 6.09 Å². The summed E-state index contributed by atoms with van der Waals surface area (Å²) in [5.41, 5.74) is 1.64. The third-order valence-electron chi connectivity index (χ3n) is 3.42. The van der Waals surface area contributed by atoms with E-state index in [9.17, 15) is 9.59 Å². The molecule has 0 atom stereocenters. The standard InChI is InChI=1S/C18H14ClN3O3/c19-16-15(11-23)22(14-9-5-2-6-10-14)17(20-16)21-18(24)25-12-13-7-3-1-4-8-13/h1-11H,12H2,(H,20,21,24). The molecule has 126 valence electrons. The number of para-hydroxylation sites is 1. The lowest BCUT2D eigenvalue weighted by molar-refractivity contribution is 0.111. The zero-order chi connectivity index (χ0) is 17.6. The van der Waals surface area contributed by atoms with Crippen molar-refractivity contribution in [3.8, 4) is 5.69 Å². The van der Waals surface area contributed by atoms with Crippen LogP contribution in [0.15, 0.2) is 60.7 Å². The first-order chi connectivity index (χ1) is 12.2. The molecule has 1 N–H and O–H groups in total. The van der Waals surface area contributed by atoms with Crippen LogP contribution in [0.2, 0.25) is 5.15 Å². The summed E-state index contributed by atoms with van der Waals surface area (Å²) in [5, 5.41) is 2.52. The number of aromatic nitrogens is 2. The van der Waals surface area contributed by atoms with Crippen LogP contribution < -0.4 is 5.32 Å². The number of anilines is 1. The van der Waals surface area contributed by atoms with E-state index >= 15 is 0 Å². The zero-order valence-corrected chi connectivity index (χ0v) is 13.8. The maximum atomic E-state index is 12.1. The number of ether oxygens (including phenoxy) is 1. The maximum absolute atomic E-state index is 12.1. The Labute approximate surface area is 149 Å². The van der Waals surface area contributed by atoms with Gasteiger partial charge in [-0.15, -0.1) is 0 Å². The van der Waals surface area contributed by atoms with Gasteiger partial charge in [0.2, 0.25) is 5.95 Å². The molecule has 0 fully saturated rings. The summed E-state index contributed by atoms with van der Waals surface area (Å²) in [5.74, 6) is 0.108. The number of carbonyl (C=O) groups excluding carboxylic acids is 2. The highest BCUT2D eigenvalue weighted by Gasteiger charge is 2.19. The minimum absolute atomic E-state index is 0.00258. The van der Waals surface area contributed by atoms with Crippen molar-refractivity contribution in [3.05, 3.63) is 77.1 Å². The summed E-state index contributed by atoms with van der Waals surface area (Å²) in [6.45, 7) is 0.118. The molecule has 6 nitrogen and oxygen atoms in total. The minimum Gasteiger partial charge on any atom is -0.444 e. The van der Waals surface area contributed by atoms with E-state index in [-0.39, 0.29) is 23.4 Å². The van der Waals surface area contributed by atoms with Crippen molar-refractivity contribution in [2.75, 3.05) is 5.32 Å². The fraction of sp³-hybridized carbons (Fsp3) is 0.0556. The molecule has 25 heavy (non-hydrogen) atoms. The molecule has 3 aromatic rings. The molecule has 0 saturated heterocycles. The lowest BCUT2D eigenvalue weighted by atomic mass is 10.2. The lowest BCUT2D eigenvalue weighted by Gasteiger charge is -2.10. The number of halogens is 1. The first-order valence-corrected chi connectivity index (χ1v) is 7.83. The van der Waals surface area contributed by atoms with Gasteiger partial charge in [-0.1, -0.05) is 60.1 Å². The first kappa shape index (κ1) is 16.7. The number of hydrogen-bond donors (Lipinski definition) is 1. The smallest absolute Gasteiger partial charge is 0.414 e. The largest absolute Gasteiger partial charge is 0.444 e. The highest BCUT2D eigenvalue weighted by atomic mass is 35.5. The minimum atomic E-state index is -0.694. The Morgan fingerprint density at radius 1 is 1.12 bits per heavy atom. The molecule has 7 heteroatoms. The lowest BCUT2D eigenvalue weighted by Crippen LogP contribution is -2.17. The molecule has 0 aliphatic heterocycles. The fourth-order valence-electron chi connectivity index (χ4n) is 2.28. The summed E-state index contributed by atoms with van der Waals surface area (Å²) >= 11 is 6.00. The number of amides is 1. The second kappa shape index (κ2) is 7.63. The van der Waals surface area contributed by atoms with Crippen LogP contribution in [0, 0.1) is 0 Å². The van der Waals surface area contributed by atoms with Gasteiger partial charge < -0.3 is 4.74 Å². The molecule has 0 aliphatic rings. The Bertz CT molecular complexity index is 879. The number of aldehydes is 1. The average molecular weight is 356 g/mol. The van der Waals surface area contributed by atoms with Crippen molar-refractivity contribution in [2.45, 2.75) is 6.61 Å². The van der Waals surface area contributed by atoms with Gasteiger partial charge in [0.25, 0.3) is 0 Å². The van der Waals surface area contributed by atoms with Gasteiger partial charge in [0.15, 0.2) is 11.4 Å². The van der Waals surface area contributed by atoms with Gasteiger partial charge in [0.05, 0.1) is 0 Å². The summed E-state index contributed by atoms with van der Waals surface area (Å²) in [6.07, 6.45) is -0.108. The average Bonchev–Trinajstić information content (AvgIpc) is 2.96. The zero-order valence-electron chi connectivity index (χ0n) is 13.1. The third kappa shape index (κ3) is 3.87. The Balaban J connectivity index is 1.80. The monoisotopic (exact) mass is 355 g/mol. The van der Waals surface area contributed by atoms with Crippen LogP contribution in [0.5, 0.6) is 0 Å². The van der Waals surface area contributed by atoms with Gasteiger partial charge in [-0.25, -0.2) is 4.79 Å². The van der Waals surface area contributed by atoms with E-state index in [0.717, 1.165) is 5.56 Å². The molecule has 0 spiro atoms. The topological polar surface area (TPSA) is 73.2 Å². The summed E-state index contributed by atoms with van der Waals surface area (Å²) in [6, 6.07) is 18.3. The molecule has 0 aliphatic carbocycles. The van der Waals surface area contributed by atoms with Crippen LogP contribution in [0.1, 0.15) is 16.1 Å². The van der Waals surface area contributed by atoms with Crippen LogP contribution >= 0.6 is 11.6 Å². The van der Waals surface area contributed by atoms with Crippen LogP contribution in [-0.2, 0) is 11.3 Å². The van der Waals surface area contributed by atoms with Crippen molar-refractivity contribution >= 4 is 29.9 Å². The van der Waals surface area contributed by atoms with Gasteiger partial charge in [0.1, 0.15) is 12.3 Å².